The van der Waals surface area contributed by atoms with E-state index in [2.05, 4.69) is 41.1 Å². The summed E-state index contributed by atoms with van der Waals surface area (Å²) >= 11 is 0. The largest absolute Gasteiger partial charge is 0.492 e. The Hall–Kier alpha value is -1.14. The van der Waals surface area contributed by atoms with Gasteiger partial charge in [0.05, 0.1) is 19.3 Å². The van der Waals surface area contributed by atoms with Gasteiger partial charge in [0.1, 0.15) is 12.4 Å². The summed E-state index contributed by atoms with van der Waals surface area (Å²) in [6.07, 6.45) is 4.06. The summed E-state index contributed by atoms with van der Waals surface area (Å²) in [6, 6.07) is 8.40. The van der Waals surface area contributed by atoms with Crippen LogP contribution in [0.4, 0.5) is 0 Å². The molecule has 140 valence electrons. The lowest BCUT2D eigenvalue weighted by molar-refractivity contribution is -0.00272. The van der Waals surface area contributed by atoms with E-state index >= 15 is 0 Å². The fourth-order valence-corrected chi connectivity index (χ4v) is 3.54. The van der Waals surface area contributed by atoms with Crippen LogP contribution in [0.1, 0.15) is 24.8 Å². The molecule has 3 rings (SSSR count). The van der Waals surface area contributed by atoms with Crippen molar-refractivity contribution in [3.05, 3.63) is 29.8 Å². The van der Waals surface area contributed by atoms with Crippen LogP contribution >= 0.6 is 0 Å². The highest BCUT2D eigenvalue weighted by Crippen LogP contribution is 2.21. The Balaban J connectivity index is 1.46. The number of benzene rings is 1. The molecule has 5 nitrogen and oxygen atoms in total. The first kappa shape index (κ1) is 18.6. The van der Waals surface area contributed by atoms with E-state index in [1.165, 1.54) is 24.8 Å². The second-order valence-corrected chi connectivity index (χ2v) is 7.10. The Morgan fingerprint density at radius 2 is 2.00 bits per heavy atom. The number of hydrogen-bond acceptors (Lipinski definition) is 5. The van der Waals surface area contributed by atoms with Gasteiger partial charge in [-0.2, -0.15) is 0 Å². The fraction of sp³-hybridized carbons (Fsp3) is 0.700. The van der Waals surface area contributed by atoms with Gasteiger partial charge in [0.2, 0.25) is 0 Å². The van der Waals surface area contributed by atoms with Gasteiger partial charge in [-0.05, 0) is 32.4 Å². The molecule has 1 aromatic carbocycles. The fourth-order valence-electron chi connectivity index (χ4n) is 3.54. The second-order valence-electron chi connectivity index (χ2n) is 7.10. The van der Waals surface area contributed by atoms with Crippen LogP contribution in [0.15, 0.2) is 24.3 Å². The first-order valence-corrected chi connectivity index (χ1v) is 9.62. The Morgan fingerprint density at radius 3 is 2.80 bits per heavy atom. The van der Waals surface area contributed by atoms with E-state index in [1.807, 2.05) is 0 Å². The topological polar surface area (TPSA) is 34.2 Å². The van der Waals surface area contributed by atoms with Crippen LogP contribution in [-0.2, 0) is 16.0 Å². The van der Waals surface area contributed by atoms with Crippen molar-refractivity contribution >= 4 is 0 Å². The molecule has 2 saturated heterocycles. The summed E-state index contributed by atoms with van der Waals surface area (Å²) in [5.41, 5.74) is 1.25. The molecular weight excluding hydrogens is 316 g/mol. The van der Waals surface area contributed by atoms with E-state index in [0.717, 1.165) is 64.9 Å². The smallest absolute Gasteiger partial charge is 0.123 e. The molecule has 1 aromatic rings. The highest BCUT2D eigenvalue weighted by atomic mass is 16.5. The maximum absolute atomic E-state index is 6.09. The van der Waals surface area contributed by atoms with Crippen molar-refractivity contribution in [1.82, 2.24) is 9.80 Å². The molecule has 5 heteroatoms. The van der Waals surface area contributed by atoms with E-state index in [1.54, 1.807) is 0 Å². The number of rotatable bonds is 8. The highest BCUT2D eigenvalue weighted by molar-refractivity contribution is 5.33. The van der Waals surface area contributed by atoms with Gasteiger partial charge in [0, 0.05) is 44.9 Å². The Labute approximate surface area is 151 Å². The third-order valence-corrected chi connectivity index (χ3v) is 4.97. The molecule has 0 aliphatic carbocycles. The second kappa shape index (κ2) is 10.1. The van der Waals surface area contributed by atoms with Gasteiger partial charge >= 0.3 is 0 Å². The van der Waals surface area contributed by atoms with Gasteiger partial charge < -0.3 is 14.2 Å². The molecule has 1 atom stereocenters. The number of ether oxygens (including phenoxy) is 3. The molecule has 0 aromatic heterocycles. The van der Waals surface area contributed by atoms with Crippen molar-refractivity contribution in [2.75, 3.05) is 59.7 Å². The Morgan fingerprint density at radius 1 is 1.16 bits per heavy atom. The van der Waals surface area contributed by atoms with Gasteiger partial charge in [0.25, 0.3) is 0 Å². The normalized spacial score (nSPS) is 22.2. The molecule has 25 heavy (non-hydrogen) atoms. The summed E-state index contributed by atoms with van der Waals surface area (Å²) in [7, 11) is 2.17. The van der Waals surface area contributed by atoms with Crippen LogP contribution in [0.25, 0.3) is 0 Å². The number of para-hydroxylation sites is 1. The zero-order chi connectivity index (χ0) is 17.3. The standard InChI is InChI=1S/C20H32N2O3/c1-21(17-19-7-4-5-12-24-19)16-18-6-2-3-8-20(18)25-15-11-22-9-13-23-14-10-22/h2-3,6,8,19H,4-5,7,9-17H2,1H3. The minimum absolute atomic E-state index is 0.383. The molecule has 1 unspecified atom stereocenters. The molecule has 0 amide bonds. The van der Waals surface area contributed by atoms with E-state index in [0.29, 0.717) is 6.10 Å². The summed E-state index contributed by atoms with van der Waals surface area (Å²) in [4.78, 5) is 4.75. The first-order chi connectivity index (χ1) is 12.3. The van der Waals surface area contributed by atoms with E-state index in [4.69, 9.17) is 14.2 Å². The zero-order valence-electron chi connectivity index (χ0n) is 15.5. The van der Waals surface area contributed by atoms with E-state index in [-0.39, 0.29) is 0 Å². The van der Waals surface area contributed by atoms with Crippen molar-refractivity contribution in [3.8, 4) is 5.75 Å². The number of nitrogens with zero attached hydrogens (tertiary/aromatic N) is 2. The SMILES string of the molecule is CN(Cc1ccccc1OCCN1CCOCC1)CC1CCCCO1. The Kier molecular flexibility index (Phi) is 7.55. The lowest BCUT2D eigenvalue weighted by Crippen LogP contribution is -2.38. The number of morpholine rings is 1. The van der Waals surface area contributed by atoms with E-state index in [9.17, 15) is 0 Å². The zero-order valence-corrected chi connectivity index (χ0v) is 15.5. The van der Waals surface area contributed by atoms with Crippen LogP contribution in [0.5, 0.6) is 5.75 Å². The molecule has 0 saturated carbocycles. The van der Waals surface area contributed by atoms with Crippen molar-refractivity contribution in [3.63, 3.8) is 0 Å². The molecule has 2 aliphatic rings. The van der Waals surface area contributed by atoms with Gasteiger partial charge in [0.15, 0.2) is 0 Å². The molecule has 2 heterocycles. The summed E-state index contributed by atoms with van der Waals surface area (Å²) in [6.45, 7) is 8.19. The van der Waals surface area contributed by atoms with Gasteiger partial charge in [-0.15, -0.1) is 0 Å². The molecule has 0 bridgehead atoms. The summed E-state index contributed by atoms with van der Waals surface area (Å²) in [5.74, 6) is 1.01. The van der Waals surface area contributed by atoms with E-state index < -0.39 is 0 Å². The van der Waals surface area contributed by atoms with Crippen LogP contribution < -0.4 is 4.74 Å². The monoisotopic (exact) mass is 348 g/mol. The molecule has 0 radical (unpaired) electrons. The van der Waals surface area contributed by atoms with Crippen molar-refractivity contribution in [1.29, 1.82) is 0 Å². The van der Waals surface area contributed by atoms with Gasteiger partial charge in [-0.3, -0.25) is 9.80 Å². The quantitative estimate of drug-likeness (QED) is 0.721. The third kappa shape index (κ3) is 6.26. The van der Waals surface area contributed by atoms with Gasteiger partial charge in [-0.1, -0.05) is 18.2 Å². The van der Waals surface area contributed by atoms with Crippen molar-refractivity contribution in [2.45, 2.75) is 31.9 Å². The average Bonchev–Trinajstić information content (AvgIpc) is 2.65. The lowest BCUT2D eigenvalue weighted by Gasteiger charge is -2.28. The first-order valence-electron chi connectivity index (χ1n) is 9.62. The van der Waals surface area contributed by atoms with Crippen LogP contribution in [0.3, 0.4) is 0 Å². The molecular formula is C20H32N2O3. The number of likely N-dealkylation sites (N-methyl/N-ethyl adjacent to an activating group) is 1. The third-order valence-electron chi connectivity index (χ3n) is 4.97. The van der Waals surface area contributed by atoms with Gasteiger partial charge in [-0.25, -0.2) is 0 Å². The molecule has 2 fully saturated rings. The van der Waals surface area contributed by atoms with Crippen LogP contribution in [0, 0.1) is 0 Å². The maximum atomic E-state index is 6.09. The Bertz CT molecular complexity index is 499. The molecule has 0 spiro atoms. The predicted molar refractivity (Wildman–Crippen MR) is 99.1 cm³/mol. The minimum Gasteiger partial charge on any atom is -0.492 e. The lowest BCUT2D eigenvalue weighted by atomic mass is 10.1. The predicted octanol–water partition coefficient (Wildman–Crippen LogP) is 2.40. The maximum Gasteiger partial charge on any atom is 0.123 e. The molecule has 0 N–H and O–H groups in total. The number of hydrogen-bond donors (Lipinski definition) is 0. The minimum atomic E-state index is 0.383. The van der Waals surface area contributed by atoms with Crippen molar-refractivity contribution in [2.24, 2.45) is 0 Å². The summed E-state index contributed by atoms with van der Waals surface area (Å²) < 4.78 is 17.3. The summed E-state index contributed by atoms with van der Waals surface area (Å²) in [5, 5.41) is 0. The average molecular weight is 348 g/mol. The molecule has 2 aliphatic heterocycles. The highest BCUT2D eigenvalue weighted by Gasteiger charge is 2.17. The van der Waals surface area contributed by atoms with Crippen molar-refractivity contribution < 1.29 is 14.2 Å². The van der Waals surface area contributed by atoms with Crippen LogP contribution in [0.2, 0.25) is 0 Å². The van der Waals surface area contributed by atoms with Crippen LogP contribution in [-0.4, -0.2) is 75.6 Å².